The Hall–Kier alpha value is -4.16. The Bertz CT molecular complexity index is 1520. The van der Waals surface area contributed by atoms with Crippen LogP contribution in [-0.4, -0.2) is 60.5 Å². The predicted molar refractivity (Wildman–Crippen MR) is 145 cm³/mol. The van der Waals surface area contributed by atoms with Gasteiger partial charge in [0.2, 0.25) is 0 Å². The van der Waals surface area contributed by atoms with Crippen LogP contribution in [0.25, 0.3) is 16.8 Å². The Balaban J connectivity index is 1.36. The molecule has 0 amide bonds. The Kier molecular flexibility index (Phi) is 7.90. The van der Waals surface area contributed by atoms with Crippen molar-refractivity contribution in [2.24, 2.45) is 10.7 Å². The van der Waals surface area contributed by atoms with Crippen molar-refractivity contribution >= 4 is 23.8 Å². The molecule has 4 aromatic rings. The standard InChI is InChI=1S/C27H27ClF2N8O2/c1-36(24(14-40)19-8-9-21(28)23(10-19)38-25(18-6-7-18)32-15-34-38)27(31)35-22(13-39)17-4-2-16(3-5-17)20-11-33-37(12-20)26(29)30/h2-5,8-13,15,18,22,24,26,40H,6-7,14H2,1H3,(H2,31,35). The molecule has 0 bridgehead atoms. The number of guanidine groups is 1. The summed E-state index contributed by atoms with van der Waals surface area (Å²) in [5, 5.41) is 18.8. The van der Waals surface area contributed by atoms with Gasteiger partial charge in [-0.3, -0.25) is 0 Å². The molecule has 10 nitrogen and oxygen atoms in total. The second-order valence-electron chi connectivity index (χ2n) is 9.50. The van der Waals surface area contributed by atoms with E-state index in [2.05, 4.69) is 20.2 Å². The summed E-state index contributed by atoms with van der Waals surface area (Å²) in [5.41, 5.74) is 9.40. The summed E-state index contributed by atoms with van der Waals surface area (Å²) >= 11 is 6.51. The average molecular weight is 569 g/mol. The van der Waals surface area contributed by atoms with Crippen LogP contribution in [0, 0.1) is 0 Å². The fraction of sp³-hybridized carbons (Fsp3) is 0.296. The van der Waals surface area contributed by atoms with Crippen molar-refractivity contribution < 1.29 is 18.7 Å². The number of carbonyl (C=O) groups is 1. The van der Waals surface area contributed by atoms with Gasteiger partial charge in [0.1, 0.15) is 24.5 Å². The zero-order valence-electron chi connectivity index (χ0n) is 21.5. The molecule has 3 N–H and O–H groups in total. The minimum Gasteiger partial charge on any atom is -0.394 e. The number of aliphatic hydroxyl groups excluding tert-OH is 1. The molecule has 1 saturated carbocycles. The first-order valence-electron chi connectivity index (χ1n) is 12.5. The maximum atomic E-state index is 12.8. The third kappa shape index (κ3) is 5.58. The Morgan fingerprint density at radius 3 is 2.55 bits per heavy atom. The van der Waals surface area contributed by atoms with E-state index in [4.69, 9.17) is 17.3 Å². The number of aliphatic hydroxyl groups is 1. The van der Waals surface area contributed by atoms with Gasteiger partial charge in [0.25, 0.3) is 0 Å². The van der Waals surface area contributed by atoms with E-state index in [0.717, 1.165) is 24.2 Å². The van der Waals surface area contributed by atoms with E-state index in [-0.39, 0.29) is 12.6 Å². The summed E-state index contributed by atoms with van der Waals surface area (Å²) in [6.45, 7) is -3.01. The molecule has 2 heterocycles. The molecule has 0 saturated heterocycles. The molecule has 1 aliphatic rings. The number of carbonyl (C=O) groups excluding carboxylic acids is 1. The van der Waals surface area contributed by atoms with Gasteiger partial charge in [0, 0.05) is 24.7 Å². The molecular weight excluding hydrogens is 542 g/mol. The largest absolute Gasteiger partial charge is 0.394 e. The molecule has 40 heavy (non-hydrogen) atoms. The summed E-state index contributed by atoms with van der Waals surface area (Å²) in [4.78, 5) is 22.3. The molecule has 1 aliphatic carbocycles. The second-order valence-corrected chi connectivity index (χ2v) is 9.91. The van der Waals surface area contributed by atoms with Gasteiger partial charge < -0.3 is 20.5 Å². The number of halogens is 3. The zero-order chi connectivity index (χ0) is 28.4. The van der Waals surface area contributed by atoms with Gasteiger partial charge in [-0.25, -0.2) is 19.3 Å². The van der Waals surface area contributed by atoms with Gasteiger partial charge in [-0.05, 0) is 41.7 Å². The van der Waals surface area contributed by atoms with Crippen LogP contribution < -0.4 is 5.73 Å². The number of nitrogens with zero attached hydrogens (tertiary/aromatic N) is 7. The van der Waals surface area contributed by atoms with E-state index < -0.39 is 18.6 Å². The summed E-state index contributed by atoms with van der Waals surface area (Å²) in [7, 11) is 1.67. The van der Waals surface area contributed by atoms with E-state index >= 15 is 0 Å². The van der Waals surface area contributed by atoms with Gasteiger partial charge >= 0.3 is 6.55 Å². The molecular formula is C27H27ClF2N8O2. The van der Waals surface area contributed by atoms with Gasteiger partial charge in [-0.15, -0.1) is 0 Å². The quantitative estimate of drug-likeness (QED) is 0.166. The lowest BCUT2D eigenvalue weighted by molar-refractivity contribution is -0.108. The number of rotatable bonds is 10. The van der Waals surface area contributed by atoms with Crippen molar-refractivity contribution in [3.8, 4) is 16.8 Å². The monoisotopic (exact) mass is 568 g/mol. The zero-order valence-corrected chi connectivity index (χ0v) is 22.2. The predicted octanol–water partition coefficient (Wildman–Crippen LogP) is 4.28. The average Bonchev–Trinajstić information content (AvgIpc) is 3.46. The fourth-order valence-corrected chi connectivity index (χ4v) is 4.65. The lowest BCUT2D eigenvalue weighted by Gasteiger charge is -2.29. The van der Waals surface area contributed by atoms with Crippen LogP contribution in [0.15, 0.2) is 66.2 Å². The third-order valence-corrected chi connectivity index (χ3v) is 7.21. The minimum absolute atomic E-state index is 0.0364. The van der Waals surface area contributed by atoms with Gasteiger partial charge in [0.05, 0.1) is 29.6 Å². The number of aromatic nitrogens is 5. The maximum absolute atomic E-state index is 12.8. The summed E-state index contributed by atoms with van der Waals surface area (Å²) < 4.78 is 28.0. The van der Waals surface area contributed by atoms with E-state index in [9.17, 15) is 18.7 Å². The van der Waals surface area contributed by atoms with Crippen LogP contribution in [0.5, 0.6) is 0 Å². The highest BCUT2D eigenvalue weighted by atomic mass is 35.5. The normalized spacial score (nSPS) is 15.3. The highest BCUT2D eigenvalue weighted by molar-refractivity contribution is 6.32. The van der Waals surface area contributed by atoms with Crippen molar-refractivity contribution in [1.29, 1.82) is 0 Å². The molecule has 2 aromatic carbocycles. The van der Waals surface area contributed by atoms with Crippen molar-refractivity contribution in [3.63, 3.8) is 0 Å². The molecule has 0 aliphatic heterocycles. The number of benzene rings is 2. The molecule has 2 aromatic heterocycles. The number of hydrogen-bond donors (Lipinski definition) is 2. The molecule has 13 heteroatoms. The summed E-state index contributed by atoms with van der Waals surface area (Å²) in [5.74, 6) is 1.23. The lowest BCUT2D eigenvalue weighted by atomic mass is 10.0. The Labute approximate surface area is 233 Å². The Morgan fingerprint density at radius 2 is 1.93 bits per heavy atom. The first kappa shape index (κ1) is 27.4. The number of hydrogen-bond acceptors (Lipinski definition) is 6. The van der Waals surface area contributed by atoms with Crippen LogP contribution in [-0.2, 0) is 4.79 Å². The molecule has 2 atom stereocenters. The van der Waals surface area contributed by atoms with Gasteiger partial charge in [0.15, 0.2) is 5.96 Å². The number of nitrogens with two attached hydrogens (primary N) is 1. The second kappa shape index (κ2) is 11.5. The van der Waals surface area contributed by atoms with Crippen molar-refractivity contribution in [1.82, 2.24) is 29.4 Å². The first-order chi connectivity index (χ1) is 19.3. The minimum atomic E-state index is -2.73. The number of aliphatic imine (C=N–C) groups is 1. The summed E-state index contributed by atoms with van der Waals surface area (Å²) in [6.07, 6.45) is 6.84. The molecule has 5 rings (SSSR count). The van der Waals surface area contributed by atoms with Gasteiger partial charge in [-0.1, -0.05) is 41.9 Å². The molecule has 2 unspecified atom stereocenters. The first-order valence-corrected chi connectivity index (χ1v) is 12.9. The van der Waals surface area contributed by atoms with Crippen LogP contribution in [0.1, 0.15) is 54.3 Å². The SMILES string of the molecule is CN(C(N)=NC(C=O)c1ccc(-c2cnn(C(F)F)c2)cc1)C(CO)c1ccc(Cl)c(-n2ncnc2C2CC2)c1. The van der Waals surface area contributed by atoms with Crippen molar-refractivity contribution in [3.05, 3.63) is 83.2 Å². The Morgan fingerprint density at radius 1 is 1.20 bits per heavy atom. The number of alkyl halides is 2. The van der Waals surface area contributed by atoms with Gasteiger partial charge in [-0.2, -0.15) is 19.0 Å². The lowest BCUT2D eigenvalue weighted by Crippen LogP contribution is -2.39. The fourth-order valence-electron chi connectivity index (χ4n) is 4.45. The van der Waals surface area contributed by atoms with E-state index in [1.54, 1.807) is 53.0 Å². The number of aldehydes is 1. The highest BCUT2D eigenvalue weighted by Crippen LogP contribution is 2.40. The third-order valence-electron chi connectivity index (χ3n) is 6.89. The van der Waals surface area contributed by atoms with Crippen LogP contribution in [0.3, 0.4) is 0 Å². The summed E-state index contributed by atoms with van der Waals surface area (Å²) in [6, 6.07) is 10.6. The van der Waals surface area contributed by atoms with E-state index in [1.807, 2.05) is 6.07 Å². The van der Waals surface area contributed by atoms with E-state index in [1.165, 1.54) is 18.7 Å². The van der Waals surface area contributed by atoms with Crippen LogP contribution in [0.2, 0.25) is 5.02 Å². The maximum Gasteiger partial charge on any atom is 0.333 e. The van der Waals surface area contributed by atoms with Crippen molar-refractivity contribution in [2.75, 3.05) is 13.7 Å². The van der Waals surface area contributed by atoms with E-state index in [0.29, 0.717) is 44.3 Å². The molecule has 208 valence electrons. The van der Waals surface area contributed by atoms with Crippen molar-refractivity contribution in [2.45, 2.75) is 37.4 Å². The highest BCUT2D eigenvalue weighted by Gasteiger charge is 2.30. The molecule has 1 fully saturated rings. The number of likely N-dealkylation sites (N-methyl/N-ethyl adjacent to an activating group) is 1. The topological polar surface area (TPSA) is 127 Å². The molecule has 0 spiro atoms. The smallest absolute Gasteiger partial charge is 0.333 e. The molecule has 0 radical (unpaired) electrons. The van der Waals surface area contributed by atoms with Crippen LogP contribution in [0.4, 0.5) is 8.78 Å². The van der Waals surface area contributed by atoms with Crippen LogP contribution >= 0.6 is 11.6 Å².